The fourth-order valence-electron chi connectivity index (χ4n) is 4.63. The molecule has 0 saturated heterocycles. The maximum Gasteiger partial charge on any atom is 0.513 e. The molecule has 0 atom stereocenters. The predicted molar refractivity (Wildman–Crippen MR) is 170 cm³/mol. The number of hydrogen-bond donors (Lipinski definition) is 2. The molecule has 44 heavy (non-hydrogen) atoms. The molecule has 4 rings (SSSR count). The minimum atomic E-state index is -0.733. The van der Waals surface area contributed by atoms with Crippen molar-refractivity contribution < 1.29 is 28.6 Å². The molecule has 2 N–H and O–H groups in total. The molecule has 10 nitrogen and oxygen atoms in total. The SMILES string of the molecule is CCCCc1nc2cc(NC(=O)CNC(=O)OC(C)(C)C)ccc2n1Cc1ccc(-c2ccccc2OC(=O)OCC)cc1. The number of carbonyl (C=O) groups is 3. The number of anilines is 1. The van der Waals surface area contributed by atoms with E-state index in [-0.39, 0.29) is 19.1 Å². The first kappa shape index (κ1) is 32.1. The highest BCUT2D eigenvalue weighted by Gasteiger charge is 2.18. The number of fused-ring (bicyclic) bond motifs is 1. The molecule has 0 aliphatic carbocycles. The van der Waals surface area contributed by atoms with Crippen molar-refractivity contribution in [3.63, 3.8) is 0 Å². The number of ether oxygens (including phenoxy) is 3. The van der Waals surface area contributed by atoms with E-state index in [0.717, 1.165) is 52.8 Å². The van der Waals surface area contributed by atoms with Crippen LogP contribution in [-0.2, 0) is 27.2 Å². The monoisotopic (exact) mass is 600 g/mol. The molecule has 0 aliphatic rings. The minimum Gasteiger partial charge on any atom is -0.444 e. The van der Waals surface area contributed by atoms with Crippen molar-refractivity contribution >= 4 is 34.9 Å². The topological polar surface area (TPSA) is 121 Å². The molecule has 2 amide bonds. The molecule has 10 heteroatoms. The van der Waals surface area contributed by atoms with Gasteiger partial charge in [-0.25, -0.2) is 14.6 Å². The van der Waals surface area contributed by atoms with Crippen molar-refractivity contribution in [3.8, 4) is 16.9 Å². The van der Waals surface area contributed by atoms with Crippen LogP contribution in [-0.4, -0.2) is 46.5 Å². The molecule has 0 saturated carbocycles. The van der Waals surface area contributed by atoms with Crippen molar-refractivity contribution in [2.75, 3.05) is 18.5 Å². The van der Waals surface area contributed by atoms with E-state index in [1.807, 2.05) is 48.5 Å². The lowest BCUT2D eigenvalue weighted by Gasteiger charge is -2.19. The molecule has 0 aliphatic heterocycles. The number of hydrogen-bond acceptors (Lipinski definition) is 7. The fraction of sp³-hybridized carbons (Fsp3) is 0.353. The van der Waals surface area contributed by atoms with E-state index in [0.29, 0.717) is 18.0 Å². The molecular formula is C34H40N4O6. The number of nitrogens with one attached hydrogen (secondary N) is 2. The molecule has 0 radical (unpaired) electrons. The second-order valence-corrected chi connectivity index (χ2v) is 11.3. The molecule has 0 fully saturated rings. The predicted octanol–water partition coefficient (Wildman–Crippen LogP) is 7.09. The van der Waals surface area contributed by atoms with Gasteiger partial charge in [0, 0.05) is 24.2 Å². The summed E-state index contributed by atoms with van der Waals surface area (Å²) >= 11 is 0. The van der Waals surface area contributed by atoms with E-state index in [9.17, 15) is 14.4 Å². The van der Waals surface area contributed by atoms with Crippen LogP contribution in [0.3, 0.4) is 0 Å². The van der Waals surface area contributed by atoms with Gasteiger partial charge < -0.3 is 29.4 Å². The summed E-state index contributed by atoms with van der Waals surface area (Å²) in [4.78, 5) is 41.2. The molecular weight excluding hydrogens is 560 g/mol. The Kier molecular flexibility index (Phi) is 10.6. The maximum absolute atomic E-state index is 12.5. The van der Waals surface area contributed by atoms with Gasteiger partial charge >= 0.3 is 12.2 Å². The van der Waals surface area contributed by atoms with Crippen LogP contribution in [0.15, 0.2) is 66.7 Å². The van der Waals surface area contributed by atoms with Gasteiger partial charge in [0.05, 0.1) is 17.6 Å². The number of imidazole rings is 1. The molecule has 0 unspecified atom stereocenters. The van der Waals surface area contributed by atoms with Crippen molar-refractivity contribution in [2.45, 2.75) is 66.0 Å². The quantitative estimate of drug-likeness (QED) is 0.139. The fourth-order valence-corrected chi connectivity index (χ4v) is 4.63. The number of alkyl carbamates (subject to hydrolysis) is 1. The first-order valence-electron chi connectivity index (χ1n) is 14.8. The summed E-state index contributed by atoms with van der Waals surface area (Å²) in [6, 6.07) is 21.1. The summed E-state index contributed by atoms with van der Waals surface area (Å²) in [6.45, 7) is 9.80. The Bertz CT molecular complexity index is 1600. The zero-order chi connectivity index (χ0) is 31.7. The number of nitrogens with zero attached hydrogens (tertiary/aromatic N) is 2. The Morgan fingerprint density at radius 2 is 1.70 bits per heavy atom. The molecule has 0 bridgehead atoms. The Hall–Kier alpha value is -4.86. The Labute approximate surface area is 257 Å². The third-order valence-electron chi connectivity index (χ3n) is 6.61. The summed E-state index contributed by atoms with van der Waals surface area (Å²) in [7, 11) is 0. The van der Waals surface area contributed by atoms with E-state index < -0.39 is 17.8 Å². The third-order valence-corrected chi connectivity index (χ3v) is 6.61. The number of aryl methyl sites for hydroxylation is 1. The van der Waals surface area contributed by atoms with Gasteiger partial charge in [-0.3, -0.25) is 4.79 Å². The normalized spacial score (nSPS) is 11.2. The zero-order valence-electron chi connectivity index (χ0n) is 25.9. The summed E-state index contributed by atoms with van der Waals surface area (Å²) in [5, 5.41) is 5.29. The van der Waals surface area contributed by atoms with Gasteiger partial charge in [0.25, 0.3) is 0 Å². The second kappa shape index (κ2) is 14.5. The van der Waals surface area contributed by atoms with Crippen LogP contribution in [0.2, 0.25) is 0 Å². The lowest BCUT2D eigenvalue weighted by atomic mass is 10.0. The molecule has 1 aromatic heterocycles. The van der Waals surface area contributed by atoms with Crippen LogP contribution in [0.1, 0.15) is 58.8 Å². The second-order valence-electron chi connectivity index (χ2n) is 11.3. The average Bonchev–Trinajstić information content (AvgIpc) is 3.31. The average molecular weight is 601 g/mol. The molecule has 0 spiro atoms. The van der Waals surface area contributed by atoms with E-state index in [1.54, 1.807) is 33.8 Å². The lowest BCUT2D eigenvalue weighted by molar-refractivity contribution is -0.115. The highest BCUT2D eigenvalue weighted by Crippen LogP contribution is 2.31. The smallest absolute Gasteiger partial charge is 0.444 e. The highest BCUT2D eigenvalue weighted by atomic mass is 16.7. The van der Waals surface area contributed by atoms with Gasteiger partial charge in [0.1, 0.15) is 23.7 Å². The van der Waals surface area contributed by atoms with Crippen LogP contribution in [0.4, 0.5) is 15.3 Å². The summed E-state index contributed by atoms with van der Waals surface area (Å²) in [6.07, 6.45) is 1.48. The van der Waals surface area contributed by atoms with E-state index in [4.69, 9.17) is 19.2 Å². The molecule has 3 aromatic carbocycles. The standard InChI is InChI=1S/C34H40N4O6/c1-6-8-13-30-37-27-20-25(36-31(39)21-35-32(40)44-34(3,4)5)18-19-28(27)38(30)22-23-14-16-24(17-15-23)26-11-9-10-12-29(26)43-33(41)42-7-2/h9-12,14-20H,6-8,13,21-22H2,1-5H3,(H,35,40)(H,36,39). The van der Waals surface area contributed by atoms with Crippen molar-refractivity contribution in [1.82, 2.24) is 14.9 Å². The summed E-state index contributed by atoms with van der Waals surface area (Å²) in [5.41, 5.74) is 4.46. The van der Waals surface area contributed by atoms with E-state index >= 15 is 0 Å². The number of benzene rings is 3. The minimum absolute atomic E-state index is 0.210. The van der Waals surface area contributed by atoms with Gasteiger partial charge in [0.2, 0.25) is 5.91 Å². The van der Waals surface area contributed by atoms with Gasteiger partial charge in [-0.15, -0.1) is 0 Å². The van der Waals surface area contributed by atoms with Crippen LogP contribution in [0.25, 0.3) is 22.2 Å². The number of carbonyl (C=O) groups excluding carboxylic acids is 3. The van der Waals surface area contributed by atoms with Crippen molar-refractivity contribution in [1.29, 1.82) is 0 Å². The van der Waals surface area contributed by atoms with Crippen molar-refractivity contribution in [3.05, 3.63) is 78.1 Å². The Morgan fingerprint density at radius 1 is 0.955 bits per heavy atom. The molecule has 4 aromatic rings. The number of aromatic nitrogens is 2. The van der Waals surface area contributed by atoms with Crippen LogP contribution < -0.4 is 15.4 Å². The van der Waals surface area contributed by atoms with Crippen LogP contribution in [0.5, 0.6) is 5.75 Å². The van der Waals surface area contributed by atoms with E-state index in [2.05, 4.69) is 34.3 Å². The summed E-state index contributed by atoms with van der Waals surface area (Å²) in [5.74, 6) is 1.04. The van der Waals surface area contributed by atoms with E-state index in [1.165, 1.54) is 0 Å². The maximum atomic E-state index is 12.5. The third kappa shape index (κ3) is 8.82. The first-order valence-corrected chi connectivity index (χ1v) is 14.8. The number of rotatable bonds is 11. The molecule has 1 heterocycles. The van der Waals surface area contributed by atoms with Gasteiger partial charge in [0.15, 0.2) is 0 Å². The van der Waals surface area contributed by atoms with Crippen molar-refractivity contribution in [2.24, 2.45) is 0 Å². The number of unbranched alkanes of at least 4 members (excludes halogenated alkanes) is 1. The Morgan fingerprint density at radius 3 is 2.41 bits per heavy atom. The Balaban J connectivity index is 1.50. The number of para-hydroxylation sites is 1. The van der Waals surface area contributed by atoms with Gasteiger partial charge in [-0.05, 0) is 69.5 Å². The zero-order valence-corrected chi connectivity index (χ0v) is 25.9. The van der Waals surface area contributed by atoms with Gasteiger partial charge in [-0.1, -0.05) is 55.8 Å². The highest BCUT2D eigenvalue weighted by molar-refractivity contribution is 5.95. The molecule has 232 valence electrons. The number of amides is 2. The van der Waals surface area contributed by atoms with Crippen LogP contribution in [0, 0.1) is 0 Å². The lowest BCUT2D eigenvalue weighted by Crippen LogP contribution is -2.37. The summed E-state index contributed by atoms with van der Waals surface area (Å²) < 4.78 is 17.7. The van der Waals surface area contributed by atoms with Crippen LogP contribution >= 0.6 is 0 Å². The first-order chi connectivity index (χ1) is 21.1. The largest absolute Gasteiger partial charge is 0.513 e. The van der Waals surface area contributed by atoms with Gasteiger partial charge in [-0.2, -0.15) is 0 Å².